The van der Waals surface area contributed by atoms with Gasteiger partial charge in [0.05, 0.1) is 11.4 Å². The molecule has 1 amide bonds. The number of carbonyl (C=O) groups is 1. The molecule has 1 aromatic carbocycles. The van der Waals surface area contributed by atoms with Gasteiger partial charge in [-0.15, -0.1) is 0 Å². The lowest BCUT2D eigenvalue weighted by Crippen LogP contribution is -2.31. The first-order valence-electron chi connectivity index (χ1n) is 9.02. The topological polar surface area (TPSA) is 78.5 Å². The van der Waals surface area contributed by atoms with Crippen molar-refractivity contribution >= 4 is 21.6 Å². The molecule has 0 unspecified atom stereocenters. The fourth-order valence-electron chi connectivity index (χ4n) is 2.90. The average Bonchev–Trinajstić information content (AvgIpc) is 2.61. The van der Waals surface area contributed by atoms with Gasteiger partial charge in [-0.3, -0.25) is 4.79 Å². The number of amides is 1. The highest BCUT2D eigenvalue weighted by Gasteiger charge is 2.18. The van der Waals surface area contributed by atoms with Gasteiger partial charge in [0.25, 0.3) is 0 Å². The number of nitrogens with zero attached hydrogens (tertiary/aromatic N) is 1. The summed E-state index contributed by atoms with van der Waals surface area (Å²) in [4.78, 5) is 12.2. The van der Waals surface area contributed by atoms with Crippen LogP contribution in [-0.2, 0) is 14.8 Å². The minimum Gasteiger partial charge on any atom is -0.376 e. The Labute approximate surface area is 156 Å². The van der Waals surface area contributed by atoms with Crippen molar-refractivity contribution in [3.8, 4) is 0 Å². The van der Waals surface area contributed by atoms with Gasteiger partial charge in [0.15, 0.2) is 0 Å². The normalized spacial score (nSPS) is 14.8. The molecule has 0 atom stereocenters. The number of hydrogen-bond donors (Lipinski definition) is 2. The van der Waals surface area contributed by atoms with Crippen LogP contribution in [0.1, 0.15) is 37.7 Å². The molecule has 26 heavy (non-hydrogen) atoms. The van der Waals surface area contributed by atoms with Crippen molar-refractivity contribution in [1.82, 2.24) is 9.62 Å². The fraction of sp³-hybridized carbons (Fsp3) is 0.526. The lowest BCUT2D eigenvalue weighted by Gasteiger charge is -2.15. The van der Waals surface area contributed by atoms with Crippen LogP contribution < -0.4 is 10.6 Å². The molecule has 2 rings (SSSR count). The minimum atomic E-state index is -3.49. The summed E-state index contributed by atoms with van der Waals surface area (Å²) in [6, 6.07) is 4.89. The summed E-state index contributed by atoms with van der Waals surface area (Å²) in [7, 11) is -0.500. The predicted molar refractivity (Wildman–Crippen MR) is 105 cm³/mol. The van der Waals surface area contributed by atoms with Crippen molar-refractivity contribution in [1.29, 1.82) is 0 Å². The highest BCUT2D eigenvalue weighted by atomic mass is 32.2. The SMILES string of the molecule is Cc1ccc(S(=O)(=O)N(C)C)cc1NCC(=O)NCCC1=CCCCC1. The van der Waals surface area contributed by atoms with E-state index in [9.17, 15) is 13.2 Å². The summed E-state index contributed by atoms with van der Waals surface area (Å²) in [5, 5.41) is 5.96. The number of carbonyl (C=O) groups excluding carboxylic acids is 1. The summed E-state index contributed by atoms with van der Waals surface area (Å²) in [6.45, 7) is 2.63. The number of anilines is 1. The van der Waals surface area contributed by atoms with E-state index in [0.717, 1.165) is 24.8 Å². The molecule has 0 radical (unpaired) electrons. The number of hydrogen-bond acceptors (Lipinski definition) is 4. The quantitative estimate of drug-likeness (QED) is 0.681. The maximum Gasteiger partial charge on any atom is 0.242 e. The third kappa shape index (κ3) is 5.57. The van der Waals surface area contributed by atoms with Crippen molar-refractivity contribution in [2.24, 2.45) is 0 Å². The predicted octanol–water partition coefficient (Wildman–Crippen LogP) is 2.66. The zero-order valence-electron chi connectivity index (χ0n) is 15.8. The molecule has 2 N–H and O–H groups in total. The Bertz CT molecular complexity index is 770. The number of sulfonamides is 1. The minimum absolute atomic E-state index is 0.0957. The molecule has 0 spiro atoms. The molecule has 0 saturated heterocycles. The monoisotopic (exact) mass is 379 g/mol. The van der Waals surface area contributed by atoms with Gasteiger partial charge >= 0.3 is 0 Å². The Balaban J connectivity index is 1.88. The summed E-state index contributed by atoms with van der Waals surface area (Å²) in [5.41, 5.74) is 2.97. The average molecular weight is 380 g/mol. The van der Waals surface area contributed by atoms with Crippen molar-refractivity contribution in [2.75, 3.05) is 32.5 Å². The Morgan fingerprint density at radius 3 is 2.65 bits per heavy atom. The standard InChI is InChI=1S/C19H29N3O3S/c1-15-9-10-17(26(24,25)22(2)3)13-18(15)21-14-19(23)20-12-11-16-7-5-4-6-8-16/h7,9-10,13,21H,4-6,8,11-12,14H2,1-3H3,(H,20,23). The number of benzene rings is 1. The summed E-state index contributed by atoms with van der Waals surface area (Å²) in [6.07, 6.45) is 7.99. The molecule has 0 saturated carbocycles. The second-order valence-corrected chi connectivity index (χ2v) is 8.98. The third-order valence-electron chi connectivity index (χ3n) is 4.58. The molecule has 0 aliphatic heterocycles. The molecule has 0 bridgehead atoms. The summed E-state index contributed by atoms with van der Waals surface area (Å²) in [5.74, 6) is -0.0957. The van der Waals surface area contributed by atoms with E-state index < -0.39 is 10.0 Å². The van der Waals surface area contributed by atoms with E-state index in [2.05, 4.69) is 16.7 Å². The second-order valence-electron chi connectivity index (χ2n) is 6.83. The van der Waals surface area contributed by atoms with E-state index in [1.807, 2.05) is 6.92 Å². The van der Waals surface area contributed by atoms with Crippen LogP contribution in [0.25, 0.3) is 0 Å². The Morgan fingerprint density at radius 1 is 1.23 bits per heavy atom. The molecular formula is C19H29N3O3S. The van der Waals surface area contributed by atoms with Gasteiger partial charge in [-0.1, -0.05) is 17.7 Å². The van der Waals surface area contributed by atoms with Gasteiger partial charge in [0.1, 0.15) is 0 Å². The molecule has 1 aliphatic carbocycles. The molecule has 1 aromatic rings. The summed E-state index contributed by atoms with van der Waals surface area (Å²) < 4.78 is 25.7. The smallest absolute Gasteiger partial charge is 0.242 e. The number of nitrogens with one attached hydrogen (secondary N) is 2. The molecule has 0 fully saturated rings. The van der Waals surface area contributed by atoms with Gasteiger partial charge in [0, 0.05) is 26.3 Å². The number of rotatable bonds is 8. The van der Waals surface area contributed by atoms with E-state index in [-0.39, 0.29) is 17.3 Å². The van der Waals surface area contributed by atoms with Crippen molar-refractivity contribution in [3.63, 3.8) is 0 Å². The molecule has 144 valence electrons. The Kier molecular flexibility index (Phi) is 7.23. The number of aryl methyl sites for hydroxylation is 1. The zero-order valence-corrected chi connectivity index (χ0v) is 16.7. The van der Waals surface area contributed by atoms with Crippen LogP contribution in [0.15, 0.2) is 34.7 Å². The molecule has 6 nitrogen and oxygen atoms in total. The lowest BCUT2D eigenvalue weighted by atomic mass is 9.97. The van der Waals surface area contributed by atoms with E-state index in [1.54, 1.807) is 18.2 Å². The van der Waals surface area contributed by atoms with Crippen molar-refractivity contribution in [2.45, 2.75) is 43.9 Å². The van der Waals surface area contributed by atoms with E-state index in [4.69, 9.17) is 0 Å². The lowest BCUT2D eigenvalue weighted by molar-refractivity contribution is -0.119. The fourth-order valence-corrected chi connectivity index (χ4v) is 3.82. The van der Waals surface area contributed by atoms with Crippen LogP contribution in [0, 0.1) is 6.92 Å². The molecule has 1 aliphatic rings. The Hall–Kier alpha value is -1.86. The van der Waals surface area contributed by atoms with E-state index in [1.165, 1.54) is 36.8 Å². The van der Waals surface area contributed by atoms with Crippen LogP contribution in [0.5, 0.6) is 0 Å². The van der Waals surface area contributed by atoms with Crippen LogP contribution in [0.4, 0.5) is 5.69 Å². The van der Waals surface area contributed by atoms with E-state index in [0.29, 0.717) is 12.2 Å². The second kappa shape index (κ2) is 9.19. The van der Waals surface area contributed by atoms with Crippen LogP contribution in [-0.4, -0.2) is 45.8 Å². The van der Waals surface area contributed by atoms with Gasteiger partial charge in [0.2, 0.25) is 15.9 Å². The van der Waals surface area contributed by atoms with Crippen LogP contribution >= 0.6 is 0 Å². The zero-order chi connectivity index (χ0) is 19.2. The van der Waals surface area contributed by atoms with Crippen molar-refractivity contribution < 1.29 is 13.2 Å². The van der Waals surface area contributed by atoms with Gasteiger partial charge < -0.3 is 10.6 Å². The van der Waals surface area contributed by atoms with Crippen LogP contribution in [0.2, 0.25) is 0 Å². The summed E-state index contributed by atoms with van der Waals surface area (Å²) >= 11 is 0. The van der Waals surface area contributed by atoms with Crippen LogP contribution in [0.3, 0.4) is 0 Å². The first-order chi connectivity index (χ1) is 12.3. The van der Waals surface area contributed by atoms with E-state index >= 15 is 0 Å². The first kappa shape index (κ1) is 20.5. The molecule has 7 heteroatoms. The number of allylic oxidation sites excluding steroid dienone is 1. The Morgan fingerprint density at radius 2 is 2.00 bits per heavy atom. The molecule has 0 heterocycles. The highest BCUT2D eigenvalue weighted by molar-refractivity contribution is 7.89. The van der Waals surface area contributed by atoms with Gasteiger partial charge in [-0.2, -0.15) is 0 Å². The molecule has 0 aromatic heterocycles. The third-order valence-corrected chi connectivity index (χ3v) is 6.39. The first-order valence-corrected chi connectivity index (χ1v) is 10.5. The molecular weight excluding hydrogens is 350 g/mol. The van der Waals surface area contributed by atoms with Gasteiger partial charge in [-0.25, -0.2) is 12.7 Å². The van der Waals surface area contributed by atoms with Crippen molar-refractivity contribution in [3.05, 3.63) is 35.4 Å². The van der Waals surface area contributed by atoms with Gasteiger partial charge in [-0.05, 0) is 56.7 Å². The maximum absolute atomic E-state index is 12.2. The highest BCUT2D eigenvalue weighted by Crippen LogP contribution is 2.22. The largest absolute Gasteiger partial charge is 0.376 e. The maximum atomic E-state index is 12.2.